The lowest BCUT2D eigenvalue weighted by Gasteiger charge is -2.18. The maximum atomic E-state index is 13.4. The molecule has 1 heterocycles. The lowest BCUT2D eigenvalue weighted by atomic mass is 10.0. The van der Waals surface area contributed by atoms with Crippen LogP contribution in [0.2, 0.25) is 0 Å². The monoisotopic (exact) mass is 572 g/mol. The Morgan fingerprint density at radius 3 is 2.40 bits per heavy atom. The van der Waals surface area contributed by atoms with Gasteiger partial charge in [0.2, 0.25) is 21.8 Å². The van der Waals surface area contributed by atoms with Gasteiger partial charge >= 0.3 is 5.97 Å². The second kappa shape index (κ2) is 13.1. The van der Waals surface area contributed by atoms with Crippen LogP contribution in [0.1, 0.15) is 53.9 Å². The molecule has 1 aromatic heterocycles. The molecule has 3 N–H and O–H groups in total. The second-order valence-electron chi connectivity index (χ2n) is 9.37. The zero-order valence-corrected chi connectivity index (χ0v) is 24.4. The van der Waals surface area contributed by atoms with Crippen LogP contribution in [0, 0.1) is 26.7 Å². The van der Waals surface area contributed by atoms with Crippen molar-refractivity contribution in [3.05, 3.63) is 58.8 Å². The van der Waals surface area contributed by atoms with Gasteiger partial charge in [-0.3, -0.25) is 4.79 Å². The molecule has 12 heteroatoms. The molecule has 216 valence electrons. The van der Waals surface area contributed by atoms with E-state index in [9.17, 15) is 23.1 Å². The van der Waals surface area contributed by atoms with E-state index in [-0.39, 0.29) is 58.4 Å². The van der Waals surface area contributed by atoms with Crippen molar-refractivity contribution in [2.24, 2.45) is 5.92 Å². The third kappa shape index (κ3) is 6.69. The number of aryl methyl sites for hydroxylation is 1. The van der Waals surface area contributed by atoms with Gasteiger partial charge in [-0.05, 0) is 69.0 Å². The van der Waals surface area contributed by atoms with Crippen LogP contribution in [0.15, 0.2) is 41.3 Å². The number of sulfonamides is 1. The minimum absolute atomic E-state index is 0.00517. The topological polar surface area (TPSA) is 149 Å². The Hall–Kier alpha value is -3.74. The van der Waals surface area contributed by atoms with Gasteiger partial charge < -0.3 is 19.9 Å². The van der Waals surface area contributed by atoms with Gasteiger partial charge in [-0.25, -0.2) is 17.9 Å². The Morgan fingerprint density at radius 1 is 1.07 bits per heavy atom. The zero-order chi connectivity index (χ0) is 29.6. The molecular weight excluding hydrogens is 536 g/mol. The highest BCUT2D eigenvalue weighted by Gasteiger charge is 2.27. The van der Waals surface area contributed by atoms with E-state index in [1.54, 1.807) is 13.0 Å². The Morgan fingerprint density at radius 2 is 1.77 bits per heavy atom. The number of carboxylic acids is 1. The number of nitrogens with zero attached hydrogens (tertiary/aromatic N) is 2. The van der Waals surface area contributed by atoms with Crippen molar-refractivity contribution in [1.82, 2.24) is 14.5 Å². The van der Waals surface area contributed by atoms with Gasteiger partial charge in [0.25, 0.3) is 0 Å². The lowest BCUT2D eigenvalue weighted by molar-refractivity contribution is -0.120. The number of rotatable bonds is 13. The predicted molar refractivity (Wildman–Crippen MR) is 151 cm³/mol. The molecule has 0 atom stereocenters. The first kappa shape index (κ1) is 30.8. The van der Waals surface area contributed by atoms with Crippen molar-refractivity contribution >= 4 is 27.6 Å². The van der Waals surface area contributed by atoms with Crippen molar-refractivity contribution in [1.29, 1.82) is 0 Å². The minimum atomic E-state index is -4.14. The average molecular weight is 573 g/mol. The Balaban J connectivity index is 2.16. The molecule has 0 aliphatic heterocycles. The summed E-state index contributed by atoms with van der Waals surface area (Å²) in [5.74, 6) is -1.71. The third-order valence-corrected chi connectivity index (χ3v) is 8.22. The molecule has 0 fully saturated rings. The average Bonchev–Trinajstić information content (AvgIpc) is 3.23. The van der Waals surface area contributed by atoms with Crippen LogP contribution in [0.4, 0.5) is 5.69 Å². The van der Waals surface area contributed by atoms with Crippen molar-refractivity contribution in [2.75, 3.05) is 25.6 Å². The predicted octanol–water partition coefficient (Wildman–Crippen LogP) is 4.59. The second-order valence-corrected chi connectivity index (χ2v) is 11.1. The van der Waals surface area contributed by atoms with E-state index >= 15 is 0 Å². The first-order chi connectivity index (χ1) is 18.9. The van der Waals surface area contributed by atoms with Gasteiger partial charge in [0, 0.05) is 30.8 Å². The molecule has 11 nitrogen and oxygen atoms in total. The molecule has 0 saturated heterocycles. The number of hydrogen-bond donors (Lipinski definition) is 3. The molecule has 0 unspecified atom stereocenters. The van der Waals surface area contributed by atoms with Crippen molar-refractivity contribution in [3.8, 4) is 17.3 Å². The highest BCUT2D eigenvalue weighted by molar-refractivity contribution is 7.89. The van der Waals surface area contributed by atoms with E-state index in [2.05, 4.69) is 15.1 Å². The first-order valence-electron chi connectivity index (χ1n) is 13.0. The Bertz CT molecular complexity index is 1490. The van der Waals surface area contributed by atoms with Crippen LogP contribution >= 0.6 is 0 Å². The molecule has 0 spiro atoms. The van der Waals surface area contributed by atoms with E-state index in [1.165, 1.54) is 30.0 Å². The molecule has 0 radical (unpaired) electrons. The third-order valence-electron chi connectivity index (χ3n) is 6.74. The standard InChI is InChI=1S/C28H36N4O7S/c1-7-20(8-2)26(33)30-21-12-13-23(24(16-21)40(36,37)29-14-15-38-6)39-27-19(5)25(28(34)35)31-32(27)22-11-9-10-17(3)18(22)4/h9-13,16,20,29H,7-8,14-15H2,1-6H3,(H,30,33)(H,34,35). The molecule has 1 amide bonds. The number of carbonyl (C=O) groups is 2. The summed E-state index contributed by atoms with van der Waals surface area (Å²) < 4.78 is 41.7. The Labute approximate surface area is 234 Å². The maximum absolute atomic E-state index is 13.4. The summed E-state index contributed by atoms with van der Waals surface area (Å²) in [5, 5.41) is 16.8. The van der Waals surface area contributed by atoms with E-state index in [1.807, 2.05) is 39.8 Å². The SMILES string of the molecule is CCC(CC)C(=O)Nc1ccc(Oc2c(C)c(C(=O)O)nn2-c2cccc(C)c2C)c(S(=O)(=O)NCCOC)c1. The Kier molecular flexibility index (Phi) is 10.1. The van der Waals surface area contributed by atoms with Crippen LogP contribution < -0.4 is 14.8 Å². The number of aromatic nitrogens is 2. The van der Waals surface area contributed by atoms with E-state index in [0.29, 0.717) is 18.5 Å². The fourth-order valence-corrected chi connectivity index (χ4v) is 5.34. The van der Waals surface area contributed by atoms with E-state index in [4.69, 9.17) is 9.47 Å². The van der Waals surface area contributed by atoms with Gasteiger partial charge in [-0.1, -0.05) is 26.0 Å². The summed E-state index contributed by atoms with van der Waals surface area (Å²) in [5.41, 5.74) is 2.66. The summed E-state index contributed by atoms with van der Waals surface area (Å²) >= 11 is 0. The van der Waals surface area contributed by atoms with Crippen LogP contribution in [0.25, 0.3) is 5.69 Å². The molecule has 0 aliphatic carbocycles. The summed E-state index contributed by atoms with van der Waals surface area (Å²) in [6, 6.07) is 9.78. The molecule has 3 aromatic rings. The van der Waals surface area contributed by atoms with Gasteiger partial charge in [0.05, 0.1) is 12.3 Å². The summed E-state index contributed by atoms with van der Waals surface area (Å²) in [7, 11) is -2.69. The molecular formula is C28H36N4O7S. The number of aromatic carboxylic acids is 1. The number of hydrogen-bond acceptors (Lipinski definition) is 7. The smallest absolute Gasteiger partial charge is 0.356 e. The van der Waals surface area contributed by atoms with Crippen LogP contribution in [-0.4, -0.2) is 55.4 Å². The largest absolute Gasteiger partial charge is 0.476 e. The van der Waals surface area contributed by atoms with Crippen molar-refractivity contribution < 1.29 is 32.6 Å². The summed E-state index contributed by atoms with van der Waals surface area (Å²) in [6.07, 6.45) is 1.28. The minimum Gasteiger partial charge on any atom is -0.476 e. The highest BCUT2D eigenvalue weighted by atomic mass is 32.2. The van der Waals surface area contributed by atoms with E-state index in [0.717, 1.165) is 11.1 Å². The number of carbonyl (C=O) groups excluding carboxylic acids is 1. The number of anilines is 1. The number of methoxy groups -OCH3 is 1. The fourth-order valence-electron chi connectivity index (χ4n) is 4.18. The molecule has 2 aromatic carbocycles. The van der Waals surface area contributed by atoms with Gasteiger partial charge in [-0.2, -0.15) is 9.78 Å². The lowest BCUT2D eigenvalue weighted by Crippen LogP contribution is -2.28. The highest BCUT2D eigenvalue weighted by Crippen LogP contribution is 2.36. The maximum Gasteiger partial charge on any atom is 0.356 e. The molecule has 0 saturated carbocycles. The van der Waals surface area contributed by atoms with Gasteiger partial charge in [-0.15, -0.1) is 0 Å². The van der Waals surface area contributed by atoms with E-state index < -0.39 is 16.0 Å². The quantitative estimate of drug-likeness (QED) is 0.252. The first-order valence-corrected chi connectivity index (χ1v) is 14.4. The molecule has 0 bridgehead atoms. The number of benzene rings is 2. The number of amides is 1. The molecule has 40 heavy (non-hydrogen) atoms. The molecule has 0 aliphatic rings. The number of ether oxygens (including phenoxy) is 2. The number of nitrogens with one attached hydrogen (secondary N) is 2. The van der Waals surface area contributed by atoms with Crippen LogP contribution in [-0.2, 0) is 19.6 Å². The fraction of sp³-hybridized carbons (Fsp3) is 0.393. The zero-order valence-electron chi connectivity index (χ0n) is 23.6. The van der Waals surface area contributed by atoms with Crippen LogP contribution in [0.3, 0.4) is 0 Å². The van der Waals surface area contributed by atoms with Crippen molar-refractivity contribution in [3.63, 3.8) is 0 Å². The summed E-state index contributed by atoms with van der Waals surface area (Å²) in [4.78, 5) is 24.4. The van der Waals surface area contributed by atoms with Crippen LogP contribution in [0.5, 0.6) is 11.6 Å². The summed E-state index contributed by atoms with van der Waals surface area (Å²) in [6.45, 7) is 9.30. The number of carboxylic acid groups (broad SMARTS) is 1. The van der Waals surface area contributed by atoms with Gasteiger partial charge in [0.1, 0.15) is 10.6 Å². The van der Waals surface area contributed by atoms with Crippen molar-refractivity contribution in [2.45, 2.75) is 52.4 Å². The normalized spacial score (nSPS) is 11.6. The molecule has 3 rings (SSSR count). The van der Waals surface area contributed by atoms with Gasteiger partial charge in [0.15, 0.2) is 5.69 Å².